The third kappa shape index (κ3) is 4.11. The number of rotatable bonds is 5. The van der Waals surface area contributed by atoms with E-state index in [9.17, 15) is 0 Å². The second-order valence-corrected chi connectivity index (χ2v) is 5.58. The Morgan fingerprint density at radius 3 is 2.94 bits per heavy atom. The molecule has 0 radical (unpaired) electrons. The number of hydrogen-bond donors (Lipinski definition) is 1. The van der Waals surface area contributed by atoms with Crippen molar-refractivity contribution >= 4 is 0 Å². The molecule has 0 bridgehead atoms. The molecule has 2 rings (SSSR count). The van der Waals surface area contributed by atoms with Crippen molar-refractivity contribution in [1.82, 2.24) is 10.2 Å². The first kappa shape index (κ1) is 13.6. The molecule has 1 N–H and O–H groups in total. The molecule has 1 heterocycles. The van der Waals surface area contributed by atoms with E-state index in [4.69, 9.17) is 0 Å². The first-order chi connectivity index (χ1) is 8.78. The quantitative estimate of drug-likeness (QED) is 0.859. The molecule has 1 aromatic rings. The summed E-state index contributed by atoms with van der Waals surface area (Å²) in [4.78, 5) is 2.60. The fraction of sp³-hybridized carbons (Fsp3) is 0.625. The smallest absolute Gasteiger partial charge is 0.0233 e. The van der Waals surface area contributed by atoms with Gasteiger partial charge in [0.15, 0.2) is 0 Å². The first-order valence-corrected chi connectivity index (χ1v) is 7.29. The highest BCUT2D eigenvalue weighted by Gasteiger charge is 2.16. The minimum absolute atomic E-state index is 0.865. The van der Waals surface area contributed by atoms with E-state index in [1.165, 1.54) is 37.1 Å². The number of likely N-dealkylation sites (tertiary alicyclic amines) is 1. The lowest BCUT2D eigenvalue weighted by atomic mass is 9.99. The highest BCUT2D eigenvalue weighted by molar-refractivity contribution is 5.23. The molecule has 1 aliphatic rings. The summed E-state index contributed by atoms with van der Waals surface area (Å²) in [5, 5.41) is 3.39. The maximum absolute atomic E-state index is 3.39. The normalized spacial score (nSPS) is 21.1. The minimum atomic E-state index is 0.865. The van der Waals surface area contributed by atoms with Crippen LogP contribution in [0.25, 0.3) is 0 Å². The van der Waals surface area contributed by atoms with Gasteiger partial charge in [-0.2, -0.15) is 0 Å². The van der Waals surface area contributed by atoms with E-state index in [2.05, 4.69) is 48.3 Å². The van der Waals surface area contributed by atoms with Gasteiger partial charge in [-0.1, -0.05) is 38.1 Å². The van der Waals surface area contributed by atoms with Crippen LogP contribution < -0.4 is 5.32 Å². The monoisotopic (exact) mass is 246 g/mol. The van der Waals surface area contributed by atoms with Gasteiger partial charge in [0, 0.05) is 19.6 Å². The van der Waals surface area contributed by atoms with Gasteiger partial charge in [-0.25, -0.2) is 0 Å². The molecule has 0 aromatic heterocycles. The summed E-state index contributed by atoms with van der Waals surface area (Å²) in [5.41, 5.74) is 2.86. The van der Waals surface area contributed by atoms with Crippen LogP contribution >= 0.6 is 0 Å². The zero-order valence-electron chi connectivity index (χ0n) is 11.8. The molecule has 100 valence electrons. The van der Waals surface area contributed by atoms with E-state index < -0.39 is 0 Å². The Bertz CT molecular complexity index is 362. The average Bonchev–Trinajstić information content (AvgIpc) is 2.37. The second kappa shape index (κ2) is 6.91. The molecule has 1 unspecified atom stereocenters. The number of hydrogen-bond acceptors (Lipinski definition) is 2. The van der Waals surface area contributed by atoms with E-state index in [0.717, 1.165) is 25.6 Å². The van der Waals surface area contributed by atoms with Crippen molar-refractivity contribution in [3.63, 3.8) is 0 Å². The zero-order chi connectivity index (χ0) is 12.8. The van der Waals surface area contributed by atoms with Crippen LogP contribution in [-0.4, -0.2) is 24.5 Å². The lowest BCUT2D eigenvalue weighted by Gasteiger charge is -2.30. The molecule has 1 atom stereocenters. The topological polar surface area (TPSA) is 15.3 Å². The summed E-state index contributed by atoms with van der Waals surface area (Å²) in [6, 6.07) is 9.01. The molecule has 0 saturated carbocycles. The number of benzene rings is 1. The standard InChI is InChI=1S/C16H26N2/c1-3-17-11-15-7-4-8-16(10-15)13-18-9-5-6-14(2)12-18/h4,7-8,10,14,17H,3,5-6,9,11-13H2,1-2H3. The summed E-state index contributed by atoms with van der Waals surface area (Å²) < 4.78 is 0. The summed E-state index contributed by atoms with van der Waals surface area (Å²) in [7, 11) is 0. The van der Waals surface area contributed by atoms with Crippen LogP contribution in [0.15, 0.2) is 24.3 Å². The van der Waals surface area contributed by atoms with Gasteiger partial charge in [0.25, 0.3) is 0 Å². The van der Waals surface area contributed by atoms with Crippen LogP contribution in [0.2, 0.25) is 0 Å². The van der Waals surface area contributed by atoms with Gasteiger partial charge in [0.2, 0.25) is 0 Å². The molecule has 0 aliphatic carbocycles. The third-order valence-corrected chi connectivity index (χ3v) is 3.72. The predicted octanol–water partition coefficient (Wildman–Crippen LogP) is 3.03. The van der Waals surface area contributed by atoms with E-state index in [-0.39, 0.29) is 0 Å². The van der Waals surface area contributed by atoms with Crippen molar-refractivity contribution in [3.05, 3.63) is 35.4 Å². The molecule has 0 amide bonds. The van der Waals surface area contributed by atoms with Crippen LogP contribution in [0.1, 0.15) is 37.8 Å². The molecule has 1 aromatic carbocycles. The van der Waals surface area contributed by atoms with Crippen molar-refractivity contribution in [2.75, 3.05) is 19.6 Å². The van der Waals surface area contributed by atoms with Gasteiger partial charge in [0.05, 0.1) is 0 Å². The van der Waals surface area contributed by atoms with Crippen molar-refractivity contribution in [2.24, 2.45) is 5.92 Å². The molecular weight excluding hydrogens is 220 g/mol. The highest BCUT2D eigenvalue weighted by Crippen LogP contribution is 2.18. The lowest BCUT2D eigenvalue weighted by molar-refractivity contribution is 0.176. The van der Waals surface area contributed by atoms with Crippen molar-refractivity contribution in [2.45, 2.75) is 39.8 Å². The number of nitrogens with zero attached hydrogens (tertiary/aromatic N) is 1. The maximum Gasteiger partial charge on any atom is 0.0233 e. The van der Waals surface area contributed by atoms with Crippen LogP contribution in [0, 0.1) is 5.92 Å². The Morgan fingerprint density at radius 1 is 1.33 bits per heavy atom. The van der Waals surface area contributed by atoms with Gasteiger partial charge in [0.1, 0.15) is 0 Å². The van der Waals surface area contributed by atoms with Crippen molar-refractivity contribution in [1.29, 1.82) is 0 Å². The molecular formula is C16H26N2. The van der Waals surface area contributed by atoms with E-state index in [1.54, 1.807) is 0 Å². The van der Waals surface area contributed by atoms with Crippen LogP contribution in [-0.2, 0) is 13.1 Å². The fourth-order valence-corrected chi connectivity index (χ4v) is 2.80. The Kier molecular flexibility index (Phi) is 5.21. The van der Waals surface area contributed by atoms with Gasteiger partial charge in [-0.05, 0) is 43.0 Å². The lowest BCUT2D eigenvalue weighted by Crippen LogP contribution is -2.33. The Morgan fingerprint density at radius 2 is 2.17 bits per heavy atom. The Hall–Kier alpha value is -0.860. The molecule has 18 heavy (non-hydrogen) atoms. The van der Waals surface area contributed by atoms with Gasteiger partial charge in [-0.3, -0.25) is 4.90 Å². The summed E-state index contributed by atoms with van der Waals surface area (Å²) >= 11 is 0. The zero-order valence-corrected chi connectivity index (χ0v) is 11.8. The molecule has 1 fully saturated rings. The molecule has 2 nitrogen and oxygen atoms in total. The number of nitrogens with one attached hydrogen (secondary N) is 1. The predicted molar refractivity (Wildman–Crippen MR) is 77.5 cm³/mol. The summed E-state index contributed by atoms with van der Waals surface area (Å²) in [5.74, 6) is 0.865. The third-order valence-electron chi connectivity index (χ3n) is 3.72. The first-order valence-electron chi connectivity index (χ1n) is 7.29. The molecule has 1 aliphatic heterocycles. The van der Waals surface area contributed by atoms with Crippen LogP contribution in [0.5, 0.6) is 0 Å². The Balaban J connectivity index is 1.91. The van der Waals surface area contributed by atoms with E-state index in [0.29, 0.717) is 0 Å². The second-order valence-electron chi connectivity index (χ2n) is 5.58. The van der Waals surface area contributed by atoms with Gasteiger partial charge in [-0.15, -0.1) is 0 Å². The highest BCUT2D eigenvalue weighted by atomic mass is 15.1. The van der Waals surface area contributed by atoms with E-state index >= 15 is 0 Å². The largest absolute Gasteiger partial charge is 0.313 e. The van der Waals surface area contributed by atoms with Crippen molar-refractivity contribution in [3.8, 4) is 0 Å². The summed E-state index contributed by atoms with van der Waals surface area (Å²) in [6.45, 7) is 10.2. The van der Waals surface area contributed by atoms with Crippen LogP contribution in [0.4, 0.5) is 0 Å². The fourth-order valence-electron chi connectivity index (χ4n) is 2.80. The SMILES string of the molecule is CCNCc1cccc(CN2CCCC(C)C2)c1. The van der Waals surface area contributed by atoms with Crippen LogP contribution in [0.3, 0.4) is 0 Å². The minimum Gasteiger partial charge on any atom is -0.313 e. The van der Waals surface area contributed by atoms with Gasteiger partial charge < -0.3 is 5.32 Å². The Labute approximate surface area is 111 Å². The van der Waals surface area contributed by atoms with Gasteiger partial charge >= 0.3 is 0 Å². The summed E-state index contributed by atoms with van der Waals surface area (Å²) in [6.07, 6.45) is 2.76. The molecule has 0 spiro atoms. The molecule has 2 heteroatoms. The maximum atomic E-state index is 3.39. The average molecular weight is 246 g/mol. The van der Waals surface area contributed by atoms with E-state index in [1.807, 2.05) is 0 Å². The number of piperidine rings is 1. The van der Waals surface area contributed by atoms with Crippen molar-refractivity contribution < 1.29 is 0 Å². The molecule has 1 saturated heterocycles.